The van der Waals surface area contributed by atoms with E-state index in [0.29, 0.717) is 6.54 Å². The molecule has 0 spiro atoms. The molecule has 1 aromatic carbocycles. The minimum atomic E-state index is -0.476. The quantitative estimate of drug-likeness (QED) is 0.824. The van der Waals surface area contributed by atoms with Gasteiger partial charge in [-0.3, -0.25) is 9.69 Å². The minimum absolute atomic E-state index is 0. The Kier molecular flexibility index (Phi) is 8.24. The third kappa shape index (κ3) is 6.22. The van der Waals surface area contributed by atoms with E-state index in [1.807, 2.05) is 31.2 Å². The number of nitrogens with one attached hydrogen (secondary N) is 2. The molecule has 0 aliphatic carbocycles. The van der Waals surface area contributed by atoms with E-state index in [4.69, 9.17) is 4.74 Å². The molecule has 1 aliphatic heterocycles. The number of aryl methyl sites for hydroxylation is 1. The minimum Gasteiger partial charge on any atom is -0.481 e. The van der Waals surface area contributed by atoms with Gasteiger partial charge in [0.2, 0.25) is 0 Å². The molecule has 0 radical (unpaired) electrons. The highest BCUT2D eigenvalue weighted by Crippen LogP contribution is 2.13. The molecule has 2 rings (SSSR count). The molecule has 22 heavy (non-hydrogen) atoms. The van der Waals surface area contributed by atoms with Crippen molar-refractivity contribution in [2.75, 3.05) is 39.3 Å². The van der Waals surface area contributed by atoms with E-state index in [1.165, 1.54) is 5.56 Å². The summed E-state index contributed by atoms with van der Waals surface area (Å²) in [7, 11) is 0. The number of piperazine rings is 1. The van der Waals surface area contributed by atoms with Crippen LogP contribution in [0.2, 0.25) is 0 Å². The van der Waals surface area contributed by atoms with Crippen LogP contribution in [0.15, 0.2) is 24.3 Å². The third-order valence-electron chi connectivity index (χ3n) is 3.64. The first kappa shape index (κ1) is 18.7. The summed E-state index contributed by atoms with van der Waals surface area (Å²) < 4.78 is 5.64. The SMILES string of the molecule is Cc1ccc(OC(C)C(=O)NCCN2CCNCC2)cc1.Cl. The van der Waals surface area contributed by atoms with Gasteiger partial charge >= 0.3 is 0 Å². The molecule has 124 valence electrons. The second kappa shape index (κ2) is 9.66. The van der Waals surface area contributed by atoms with Crippen molar-refractivity contribution in [3.63, 3.8) is 0 Å². The zero-order valence-electron chi connectivity index (χ0n) is 13.3. The van der Waals surface area contributed by atoms with Gasteiger partial charge < -0.3 is 15.4 Å². The zero-order valence-corrected chi connectivity index (χ0v) is 14.1. The summed E-state index contributed by atoms with van der Waals surface area (Å²) in [5, 5.41) is 6.25. The number of carbonyl (C=O) groups is 1. The fourth-order valence-electron chi connectivity index (χ4n) is 2.29. The van der Waals surface area contributed by atoms with Crippen LogP contribution in [-0.4, -0.2) is 56.2 Å². The van der Waals surface area contributed by atoms with Crippen LogP contribution in [0.5, 0.6) is 5.75 Å². The van der Waals surface area contributed by atoms with Crippen molar-refractivity contribution in [1.29, 1.82) is 0 Å². The lowest BCUT2D eigenvalue weighted by atomic mass is 10.2. The maximum absolute atomic E-state index is 12.0. The van der Waals surface area contributed by atoms with Crippen LogP contribution < -0.4 is 15.4 Å². The Labute approximate surface area is 138 Å². The summed E-state index contributed by atoms with van der Waals surface area (Å²) >= 11 is 0. The molecular weight excluding hydrogens is 302 g/mol. The van der Waals surface area contributed by atoms with Crippen molar-refractivity contribution in [2.24, 2.45) is 0 Å². The highest BCUT2D eigenvalue weighted by molar-refractivity contribution is 5.85. The van der Waals surface area contributed by atoms with E-state index < -0.39 is 6.10 Å². The Balaban J connectivity index is 0.00000242. The van der Waals surface area contributed by atoms with Gasteiger partial charge in [-0.05, 0) is 26.0 Å². The lowest BCUT2D eigenvalue weighted by molar-refractivity contribution is -0.127. The molecule has 1 amide bonds. The third-order valence-corrected chi connectivity index (χ3v) is 3.64. The standard InChI is InChI=1S/C16H25N3O2.ClH/c1-13-3-5-15(6-4-13)21-14(2)16(20)18-9-12-19-10-7-17-8-11-19;/h3-6,14,17H,7-12H2,1-2H3,(H,18,20);1H. The van der Waals surface area contributed by atoms with Crippen LogP contribution >= 0.6 is 12.4 Å². The fourth-order valence-corrected chi connectivity index (χ4v) is 2.29. The van der Waals surface area contributed by atoms with Gasteiger partial charge in [-0.1, -0.05) is 17.7 Å². The molecule has 6 heteroatoms. The van der Waals surface area contributed by atoms with Gasteiger partial charge in [0.15, 0.2) is 6.10 Å². The van der Waals surface area contributed by atoms with Crippen molar-refractivity contribution >= 4 is 18.3 Å². The van der Waals surface area contributed by atoms with E-state index in [1.54, 1.807) is 6.92 Å². The average Bonchev–Trinajstić information content (AvgIpc) is 2.50. The predicted octanol–water partition coefficient (Wildman–Crippen LogP) is 1.21. The van der Waals surface area contributed by atoms with E-state index in [2.05, 4.69) is 15.5 Å². The second-order valence-corrected chi connectivity index (χ2v) is 5.46. The maximum Gasteiger partial charge on any atom is 0.260 e. The number of ether oxygens (including phenoxy) is 1. The Morgan fingerprint density at radius 2 is 1.95 bits per heavy atom. The van der Waals surface area contributed by atoms with Gasteiger partial charge in [-0.25, -0.2) is 0 Å². The number of hydrogen-bond donors (Lipinski definition) is 2. The normalized spacial score (nSPS) is 16.5. The number of amides is 1. The van der Waals surface area contributed by atoms with Crippen molar-refractivity contribution in [3.05, 3.63) is 29.8 Å². The van der Waals surface area contributed by atoms with Gasteiger partial charge in [-0.2, -0.15) is 0 Å². The van der Waals surface area contributed by atoms with Crippen LogP contribution in [-0.2, 0) is 4.79 Å². The van der Waals surface area contributed by atoms with E-state index >= 15 is 0 Å². The molecule has 5 nitrogen and oxygen atoms in total. The molecule has 0 saturated carbocycles. The largest absolute Gasteiger partial charge is 0.481 e. The molecule has 1 atom stereocenters. The second-order valence-electron chi connectivity index (χ2n) is 5.46. The Morgan fingerprint density at radius 3 is 2.59 bits per heavy atom. The number of halogens is 1. The van der Waals surface area contributed by atoms with Gasteiger partial charge in [0.05, 0.1) is 0 Å². The summed E-state index contributed by atoms with van der Waals surface area (Å²) in [6.07, 6.45) is -0.476. The maximum atomic E-state index is 12.0. The number of hydrogen-bond acceptors (Lipinski definition) is 4. The van der Waals surface area contributed by atoms with Gasteiger partial charge in [-0.15, -0.1) is 12.4 Å². The summed E-state index contributed by atoms with van der Waals surface area (Å²) in [4.78, 5) is 14.3. The first-order valence-corrected chi connectivity index (χ1v) is 7.59. The highest BCUT2D eigenvalue weighted by atomic mass is 35.5. The molecule has 1 fully saturated rings. The van der Waals surface area contributed by atoms with Gasteiger partial charge in [0.25, 0.3) is 5.91 Å². The highest BCUT2D eigenvalue weighted by Gasteiger charge is 2.15. The van der Waals surface area contributed by atoms with Crippen molar-refractivity contribution in [3.8, 4) is 5.75 Å². The number of benzene rings is 1. The molecule has 1 aliphatic rings. The average molecular weight is 328 g/mol. The van der Waals surface area contributed by atoms with Crippen molar-refractivity contribution in [1.82, 2.24) is 15.5 Å². The summed E-state index contributed by atoms with van der Waals surface area (Å²) in [6.45, 7) is 9.51. The smallest absolute Gasteiger partial charge is 0.260 e. The van der Waals surface area contributed by atoms with Crippen LogP contribution in [0.1, 0.15) is 12.5 Å². The number of nitrogens with zero attached hydrogens (tertiary/aromatic N) is 1. The van der Waals surface area contributed by atoms with E-state index in [-0.39, 0.29) is 18.3 Å². The molecule has 0 aromatic heterocycles. The zero-order chi connectivity index (χ0) is 15.1. The number of carbonyl (C=O) groups excluding carboxylic acids is 1. The Morgan fingerprint density at radius 1 is 1.32 bits per heavy atom. The van der Waals surface area contributed by atoms with E-state index in [0.717, 1.165) is 38.5 Å². The molecule has 2 N–H and O–H groups in total. The summed E-state index contributed by atoms with van der Waals surface area (Å²) in [5.41, 5.74) is 1.18. The molecule has 1 saturated heterocycles. The summed E-state index contributed by atoms with van der Waals surface area (Å²) in [6, 6.07) is 7.73. The topological polar surface area (TPSA) is 53.6 Å². The first-order valence-electron chi connectivity index (χ1n) is 7.59. The molecule has 1 aromatic rings. The molecule has 0 bridgehead atoms. The van der Waals surface area contributed by atoms with Crippen molar-refractivity contribution in [2.45, 2.75) is 20.0 Å². The molecular formula is C16H26ClN3O2. The number of rotatable bonds is 6. The Hall–Kier alpha value is -1.30. The lowest BCUT2D eigenvalue weighted by Crippen LogP contribution is -2.47. The predicted molar refractivity (Wildman–Crippen MR) is 90.8 cm³/mol. The van der Waals surface area contributed by atoms with Gasteiger partial charge in [0, 0.05) is 39.3 Å². The fraction of sp³-hybridized carbons (Fsp3) is 0.562. The first-order chi connectivity index (χ1) is 10.1. The van der Waals surface area contributed by atoms with Crippen LogP contribution in [0.25, 0.3) is 0 Å². The van der Waals surface area contributed by atoms with Crippen LogP contribution in [0.3, 0.4) is 0 Å². The van der Waals surface area contributed by atoms with Gasteiger partial charge in [0.1, 0.15) is 5.75 Å². The van der Waals surface area contributed by atoms with Crippen LogP contribution in [0, 0.1) is 6.92 Å². The van der Waals surface area contributed by atoms with Crippen LogP contribution in [0.4, 0.5) is 0 Å². The Bertz CT molecular complexity index is 447. The molecule has 1 heterocycles. The van der Waals surface area contributed by atoms with E-state index in [9.17, 15) is 4.79 Å². The summed E-state index contributed by atoms with van der Waals surface area (Å²) in [5.74, 6) is 0.663. The monoisotopic (exact) mass is 327 g/mol. The van der Waals surface area contributed by atoms with Crippen molar-refractivity contribution < 1.29 is 9.53 Å². The molecule has 1 unspecified atom stereocenters. The lowest BCUT2D eigenvalue weighted by Gasteiger charge is -2.27.